The zero-order valence-electron chi connectivity index (χ0n) is 12.7. The van der Waals surface area contributed by atoms with Crippen LogP contribution in [0.4, 0.5) is 0 Å². The number of benzene rings is 2. The first kappa shape index (κ1) is 14.5. The molecule has 0 N–H and O–H groups in total. The van der Waals surface area contributed by atoms with Crippen molar-refractivity contribution in [2.24, 2.45) is 0 Å². The van der Waals surface area contributed by atoms with E-state index in [1.54, 1.807) is 0 Å². The van der Waals surface area contributed by atoms with E-state index in [4.69, 9.17) is 0 Å². The van der Waals surface area contributed by atoms with Crippen molar-refractivity contribution in [2.45, 2.75) is 25.2 Å². The molecule has 3 rings (SSSR count). The van der Waals surface area contributed by atoms with Crippen molar-refractivity contribution in [3.63, 3.8) is 0 Å². The van der Waals surface area contributed by atoms with Crippen LogP contribution in [-0.4, -0.2) is 4.98 Å². The quantitative estimate of drug-likeness (QED) is 0.604. The zero-order chi connectivity index (χ0) is 15.0. The Kier molecular flexibility index (Phi) is 4.99. The molecule has 0 saturated heterocycles. The van der Waals surface area contributed by atoms with Gasteiger partial charge in [0.05, 0.1) is 0 Å². The van der Waals surface area contributed by atoms with E-state index in [0.29, 0.717) is 5.92 Å². The van der Waals surface area contributed by atoms with Crippen LogP contribution in [-0.2, 0) is 6.42 Å². The van der Waals surface area contributed by atoms with Gasteiger partial charge in [-0.2, -0.15) is 0 Å². The van der Waals surface area contributed by atoms with E-state index in [2.05, 4.69) is 77.8 Å². The lowest BCUT2D eigenvalue weighted by Crippen LogP contribution is -2.04. The Balaban J connectivity index is 1.72. The van der Waals surface area contributed by atoms with E-state index in [1.807, 2.05) is 12.3 Å². The molecule has 0 radical (unpaired) electrons. The molecule has 2 aromatic carbocycles. The predicted molar refractivity (Wildman–Crippen MR) is 91.9 cm³/mol. The highest BCUT2D eigenvalue weighted by Gasteiger charge is 2.14. The van der Waals surface area contributed by atoms with Crippen LogP contribution in [0.2, 0.25) is 0 Å². The fraction of sp³-hybridized carbons (Fsp3) is 0.190. The van der Waals surface area contributed by atoms with E-state index in [1.165, 1.54) is 23.2 Å². The van der Waals surface area contributed by atoms with Gasteiger partial charge in [0.2, 0.25) is 0 Å². The largest absolute Gasteiger partial charge is 0.261 e. The summed E-state index contributed by atoms with van der Waals surface area (Å²) in [6.07, 6.45) is 5.30. The molecule has 0 aliphatic rings. The third-order valence-electron chi connectivity index (χ3n) is 4.05. The fourth-order valence-corrected chi connectivity index (χ4v) is 2.91. The second-order valence-corrected chi connectivity index (χ2v) is 5.60. The molecule has 1 unspecified atom stereocenters. The summed E-state index contributed by atoms with van der Waals surface area (Å²) in [5.41, 5.74) is 3.94. The van der Waals surface area contributed by atoms with Crippen LogP contribution in [0.5, 0.6) is 0 Å². The van der Waals surface area contributed by atoms with Crippen molar-refractivity contribution in [2.75, 3.05) is 0 Å². The van der Waals surface area contributed by atoms with Gasteiger partial charge in [-0.15, -0.1) is 0 Å². The second kappa shape index (κ2) is 7.56. The fourth-order valence-electron chi connectivity index (χ4n) is 2.91. The molecule has 22 heavy (non-hydrogen) atoms. The summed E-state index contributed by atoms with van der Waals surface area (Å²) < 4.78 is 0. The Morgan fingerprint density at radius 2 is 1.41 bits per heavy atom. The van der Waals surface area contributed by atoms with Gasteiger partial charge in [-0.3, -0.25) is 4.98 Å². The van der Waals surface area contributed by atoms with Gasteiger partial charge in [0.25, 0.3) is 0 Å². The summed E-state index contributed by atoms with van der Waals surface area (Å²) in [5, 5.41) is 0. The molecule has 3 aromatic rings. The van der Waals surface area contributed by atoms with Crippen molar-refractivity contribution >= 4 is 0 Å². The highest BCUT2D eigenvalue weighted by Crippen LogP contribution is 2.28. The maximum Gasteiger partial charge on any atom is 0.0478 e. The second-order valence-electron chi connectivity index (χ2n) is 5.60. The van der Waals surface area contributed by atoms with Crippen molar-refractivity contribution in [1.82, 2.24) is 4.98 Å². The number of rotatable bonds is 6. The van der Waals surface area contributed by atoms with E-state index in [0.717, 1.165) is 12.8 Å². The van der Waals surface area contributed by atoms with Gasteiger partial charge in [-0.05, 0) is 42.5 Å². The molecule has 110 valence electrons. The van der Waals surface area contributed by atoms with Gasteiger partial charge in [-0.25, -0.2) is 0 Å². The predicted octanol–water partition coefficient (Wildman–Crippen LogP) is 5.24. The SMILES string of the molecule is c1ccc(CCCC(c2ccccc2)c2ccccn2)cc1. The molecular formula is C21H21N. The molecule has 0 fully saturated rings. The Morgan fingerprint density at radius 1 is 0.727 bits per heavy atom. The van der Waals surface area contributed by atoms with E-state index in [-0.39, 0.29) is 0 Å². The number of pyridine rings is 1. The summed E-state index contributed by atoms with van der Waals surface area (Å²) in [7, 11) is 0. The normalized spacial score (nSPS) is 12.0. The van der Waals surface area contributed by atoms with Crippen LogP contribution < -0.4 is 0 Å². The molecule has 1 atom stereocenters. The Bertz CT molecular complexity index is 623. The molecular weight excluding hydrogens is 266 g/mol. The lowest BCUT2D eigenvalue weighted by molar-refractivity contribution is 0.647. The summed E-state index contributed by atoms with van der Waals surface area (Å²) in [4.78, 5) is 4.58. The van der Waals surface area contributed by atoms with Gasteiger partial charge < -0.3 is 0 Å². The summed E-state index contributed by atoms with van der Waals surface area (Å²) in [6.45, 7) is 0. The molecule has 0 bridgehead atoms. The van der Waals surface area contributed by atoms with Gasteiger partial charge in [0.1, 0.15) is 0 Å². The third-order valence-corrected chi connectivity index (χ3v) is 4.05. The van der Waals surface area contributed by atoms with Crippen LogP contribution >= 0.6 is 0 Å². The minimum atomic E-state index is 0.381. The average Bonchev–Trinajstić information content (AvgIpc) is 2.61. The Morgan fingerprint density at radius 3 is 2.09 bits per heavy atom. The van der Waals surface area contributed by atoms with Crippen LogP contribution in [0, 0.1) is 0 Å². The first-order valence-electron chi connectivity index (χ1n) is 7.93. The maximum atomic E-state index is 4.58. The lowest BCUT2D eigenvalue weighted by atomic mass is 9.89. The zero-order valence-corrected chi connectivity index (χ0v) is 12.7. The molecule has 0 saturated carbocycles. The summed E-state index contributed by atoms with van der Waals surface area (Å²) in [6, 6.07) is 27.6. The third kappa shape index (κ3) is 3.82. The molecule has 1 nitrogen and oxygen atoms in total. The maximum absolute atomic E-state index is 4.58. The minimum Gasteiger partial charge on any atom is -0.261 e. The molecule has 0 spiro atoms. The van der Waals surface area contributed by atoms with Gasteiger partial charge >= 0.3 is 0 Å². The minimum absolute atomic E-state index is 0.381. The van der Waals surface area contributed by atoms with Crippen molar-refractivity contribution in [1.29, 1.82) is 0 Å². The smallest absolute Gasteiger partial charge is 0.0478 e. The number of aromatic nitrogens is 1. The Hall–Kier alpha value is -2.41. The molecule has 1 heteroatoms. The van der Waals surface area contributed by atoms with Crippen molar-refractivity contribution in [3.8, 4) is 0 Å². The van der Waals surface area contributed by atoms with Gasteiger partial charge in [0, 0.05) is 17.8 Å². The van der Waals surface area contributed by atoms with Gasteiger partial charge in [0.15, 0.2) is 0 Å². The number of hydrogen-bond donors (Lipinski definition) is 0. The molecule has 1 heterocycles. The molecule has 0 aliphatic carbocycles. The average molecular weight is 287 g/mol. The number of aryl methyl sites for hydroxylation is 1. The Labute approximate surface area is 132 Å². The van der Waals surface area contributed by atoms with Crippen LogP contribution in [0.25, 0.3) is 0 Å². The standard InChI is InChI=1S/C21H21N/c1-3-10-18(11-4-1)12-9-15-20(19-13-5-2-6-14-19)21-16-7-8-17-22-21/h1-8,10-11,13-14,16-17,20H,9,12,15H2. The summed E-state index contributed by atoms with van der Waals surface area (Å²) in [5.74, 6) is 0.381. The number of nitrogens with zero attached hydrogens (tertiary/aromatic N) is 1. The topological polar surface area (TPSA) is 12.9 Å². The highest BCUT2D eigenvalue weighted by atomic mass is 14.7. The highest BCUT2D eigenvalue weighted by molar-refractivity contribution is 5.28. The van der Waals surface area contributed by atoms with E-state index in [9.17, 15) is 0 Å². The molecule has 0 aliphatic heterocycles. The van der Waals surface area contributed by atoms with E-state index < -0.39 is 0 Å². The van der Waals surface area contributed by atoms with Crippen molar-refractivity contribution in [3.05, 3.63) is 102 Å². The van der Waals surface area contributed by atoms with Crippen LogP contribution in [0.3, 0.4) is 0 Å². The molecule has 1 aromatic heterocycles. The lowest BCUT2D eigenvalue weighted by Gasteiger charge is -2.17. The monoisotopic (exact) mass is 287 g/mol. The first-order valence-corrected chi connectivity index (χ1v) is 7.93. The van der Waals surface area contributed by atoms with Crippen LogP contribution in [0.1, 0.15) is 35.6 Å². The van der Waals surface area contributed by atoms with Crippen LogP contribution in [0.15, 0.2) is 85.1 Å². The van der Waals surface area contributed by atoms with Gasteiger partial charge in [-0.1, -0.05) is 66.7 Å². The van der Waals surface area contributed by atoms with E-state index >= 15 is 0 Å². The molecule has 0 amide bonds. The summed E-state index contributed by atoms with van der Waals surface area (Å²) >= 11 is 0. The number of hydrogen-bond acceptors (Lipinski definition) is 1. The first-order chi connectivity index (χ1) is 10.9. The van der Waals surface area contributed by atoms with Crippen molar-refractivity contribution < 1.29 is 0 Å².